The van der Waals surface area contributed by atoms with Gasteiger partial charge in [0.2, 0.25) is 11.9 Å². The summed E-state index contributed by atoms with van der Waals surface area (Å²) < 4.78 is 19.0. The maximum Gasteiger partial charge on any atom is 0.407 e. The number of benzene rings is 2. The monoisotopic (exact) mass is 588 g/mol. The number of primary amides is 1. The Morgan fingerprint density at radius 1 is 1.14 bits per heavy atom. The van der Waals surface area contributed by atoms with Gasteiger partial charge in [-0.3, -0.25) is 4.79 Å². The van der Waals surface area contributed by atoms with Gasteiger partial charge in [0.1, 0.15) is 17.9 Å². The Bertz CT molecular complexity index is 1490. The van der Waals surface area contributed by atoms with Gasteiger partial charge in [0, 0.05) is 37.4 Å². The Balaban J connectivity index is 1.31. The Morgan fingerprint density at radius 3 is 2.79 bits per heavy atom. The van der Waals surface area contributed by atoms with Crippen molar-refractivity contribution in [3.8, 4) is 5.75 Å². The van der Waals surface area contributed by atoms with Crippen molar-refractivity contribution < 1.29 is 23.8 Å². The number of hydrogen-bond donors (Lipinski definition) is 4. The minimum atomic E-state index is -0.577. The number of anilines is 2. The smallest absolute Gasteiger partial charge is 0.407 e. The number of carbonyl (C=O) groups is 2. The van der Waals surface area contributed by atoms with E-state index in [2.05, 4.69) is 26.1 Å². The number of aryl methyl sites for hydroxylation is 1. The van der Waals surface area contributed by atoms with E-state index in [1.165, 1.54) is 0 Å². The predicted octanol–water partition coefficient (Wildman–Crippen LogP) is 3.13. The number of aromatic nitrogens is 4. The van der Waals surface area contributed by atoms with Crippen LogP contribution in [0.25, 0.3) is 11.0 Å². The Kier molecular flexibility index (Phi) is 10.3. The lowest BCUT2D eigenvalue weighted by molar-refractivity contribution is 0.0722. The molecule has 3 heterocycles. The fraction of sp³-hybridized carbons (Fsp3) is 0.367. The van der Waals surface area contributed by atoms with Crippen LogP contribution in [0.4, 0.5) is 16.6 Å². The van der Waals surface area contributed by atoms with Gasteiger partial charge in [-0.05, 0) is 49.1 Å². The van der Waals surface area contributed by atoms with E-state index in [-0.39, 0.29) is 12.6 Å². The fourth-order valence-corrected chi connectivity index (χ4v) is 4.80. The lowest BCUT2D eigenvalue weighted by atomic mass is 10.1. The summed E-state index contributed by atoms with van der Waals surface area (Å²) in [7, 11) is 0. The van der Waals surface area contributed by atoms with Gasteiger partial charge in [0.05, 0.1) is 25.3 Å². The van der Waals surface area contributed by atoms with Crippen LogP contribution >= 0.6 is 0 Å². The highest BCUT2D eigenvalue weighted by Crippen LogP contribution is 2.32. The summed E-state index contributed by atoms with van der Waals surface area (Å²) in [4.78, 5) is 29.2. The van der Waals surface area contributed by atoms with E-state index in [0.717, 1.165) is 31.6 Å². The lowest BCUT2D eigenvalue weighted by Crippen LogP contribution is -2.41. The number of imidazole rings is 1. The van der Waals surface area contributed by atoms with Gasteiger partial charge < -0.3 is 40.5 Å². The van der Waals surface area contributed by atoms with E-state index in [1.807, 2.05) is 34.9 Å². The average Bonchev–Trinajstić information content (AvgIpc) is 3.38. The van der Waals surface area contributed by atoms with Gasteiger partial charge in [0.25, 0.3) is 0 Å². The number of carbonyl (C=O) groups excluding carboxylic acids is 2. The van der Waals surface area contributed by atoms with Gasteiger partial charge in [-0.25, -0.2) is 9.78 Å². The van der Waals surface area contributed by atoms with Crippen LogP contribution in [0.2, 0.25) is 0 Å². The molecule has 1 saturated heterocycles. The first-order chi connectivity index (χ1) is 21.1. The molecule has 13 heteroatoms. The molecule has 226 valence electrons. The number of hydrogen-bond acceptors (Lipinski definition) is 10. The lowest BCUT2D eigenvalue weighted by Gasteiger charge is -2.23. The normalized spacial score (nSPS) is 14.7. The third kappa shape index (κ3) is 8.40. The molecule has 5 rings (SSSR count). The molecule has 0 radical (unpaired) electrons. The van der Waals surface area contributed by atoms with Crippen molar-refractivity contribution >= 4 is 34.8 Å². The highest BCUT2D eigenvalue weighted by molar-refractivity contribution is 5.99. The van der Waals surface area contributed by atoms with Crippen LogP contribution < -0.4 is 26.4 Å². The standard InChI is InChI=1S/C30H36N8O5/c31-28(39)22-17-24-27(25(18-22)42-15-5-9-23-20-41-16-13-32-23)38(29(35-24)36-26-10-4-12-34-37-26)14-6-11-33-30(40)43-19-21-7-2-1-3-8-21/h1-4,7-8,10,12,17-18,23,32H,5-6,9,11,13-16,19-20H2,(H2,31,39)(H,33,40)(H,35,36,37). The third-order valence-corrected chi connectivity index (χ3v) is 6.90. The first kappa shape index (κ1) is 29.7. The first-order valence-corrected chi connectivity index (χ1v) is 14.3. The molecule has 4 aromatic rings. The SMILES string of the molecule is NC(=O)c1cc(OCCCC2COCCN2)c2c(c1)nc(Nc1cccnn1)n2CCCNC(=O)OCc1ccccc1. The number of morpholine rings is 1. The van der Waals surface area contributed by atoms with Crippen LogP contribution in [0, 0.1) is 0 Å². The summed E-state index contributed by atoms with van der Waals surface area (Å²) in [5.74, 6) is 0.902. The number of alkyl carbamates (subject to hydrolysis) is 1. The van der Waals surface area contributed by atoms with Crippen LogP contribution in [-0.2, 0) is 22.6 Å². The zero-order chi connectivity index (χ0) is 29.9. The van der Waals surface area contributed by atoms with Crippen molar-refractivity contribution in [2.24, 2.45) is 5.73 Å². The second-order valence-corrected chi connectivity index (χ2v) is 10.1. The van der Waals surface area contributed by atoms with Crippen molar-refractivity contribution in [2.45, 2.75) is 38.5 Å². The maximum absolute atomic E-state index is 12.3. The molecule has 1 aliphatic heterocycles. The number of fused-ring (bicyclic) bond motifs is 1. The van der Waals surface area contributed by atoms with Crippen molar-refractivity contribution in [2.75, 3.05) is 38.2 Å². The molecule has 2 aromatic carbocycles. The number of amides is 2. The summed E-state index contributed by atoms with van der Waals surface area (Å²) in [6, 6.07) is 16.6. The second-order valence-electron chi connectivity index (χ2n) is 10.1. The van der Waals surface area contributed by atoms with Crippen molar-refractivity contribution in [1.29, 1.82) is 0 Å². The third-order valence-electron chi connectivity index (χ3n) is 6.90. The van der Waals surface area contributed by atoms with Crippen LogP contribution in [0.5, 0.6) is 5.75 Å². The summed E-state index contributed by atoms with van der Waals surface area (Å²) >= 11 is 0. The number of rotatable bonds is 14. The molecular formula is C30H36N8O5. The van der Waals surface area contributed by atoms with E-state index in [0.29, 0.717) is 66.8 Å². The topological polar surface area (TPSA) is 168 Å². The molecule has 1 aliphatic rings. The van der Waals surface area contributed by atoms with Crippen molar-refractivity contribution in [1.82, 2.24) is 30.4 Å². The molecule has 13 nitrogen and oxygen atoms in total. The molecule has 2 amide bonds. The average molecular weight is 589 g/mol. The quantitative estimate of drug-likeness (QED) is 0.161. The highest BCUT2D eigenvalue weighted by Gasteiger charge is 2.20. The molecule has 0 aliphatic carbocycles. The molecule has 1 unspecified atom stereocenters. The highest BCUT2D eigenvalue weighted by atomic mass is 16.5. The molecule has 2 aromatic heterocycles. The molecule has 1 atom stereocenters. The molecule has 1 fully saturated rings. The number of nitrogens with two attached hydrogens (primary N) is 1. The molecule has 0 spiro atoms. The van der Waals surface area contributed by atoms with E-state index >= 15 is 0 Å². The van der Waals surface area contributed by atoms with Gasteiger partial charge in [-0.15, -0.1) is 5.10 Å². The zero-order valence-electron chi connectivity index (χ0n) is 23.8. The zero-order valence-corrected chi connectivity index (χ0v) is 23.8. The van der Waals surface area contributed by atoms with Gasteiger partial charge in [-0.2, -0.15) is 5.10 Å². The number of ether oxygens (including phenoxy) is 3. The van der Waals surface area contributed by atoms with Gasteiger partial charge >= 0.3 is 6.09 Å². The Labute approximate surface area is 249 Å². The Morgan fingerprint density at radius 2 is 2.02 bits per heavy atom. The second kappa shape index (κ2) is 14.9. The predicted molar refractivity (Wildman–Crippen MR) is 160 cm³/mol. The van der Waals surface area contributed by atoms with Crippen LogP contribution in [0.1, 0.15) is 35.2 Å². The molecular weight excluding hydrogens is 552 g/mol. The Hall–Kier alpha value is -4.75. The summed E-state index contributed by atoms with van der Waals surface area (Å²) in [6.45, 7) is 3.70. The van der Waals surface area contributed by atoms with Gasteiger partial charge in [-0.1, -0.05) is 30.3 Å². The molecule has 43 heavy (non-hydrogen) atoms. The number of nitrogens with one attached hydrogen (secondary N) is 3. The molecule has 0 saturated carbocycles. The maximum atomic E-state index is 12.3. The van der Waals surface area contributed by atoms with E-state index in [4.69, 9.17) is 24.9 Å². The van der Waals surface area contributed by atoms with Gasteiger partial charge in [0.15, 0.2) is 5.82 Å². The minimum Gasteiger partial charge on any atom is -0.491 e. The molecule has 5 N–H and O–H groups in total. The van der Waals surface area contributed by atoms with E-state index < -0.39 is 12.0 Å². The van der Waals surface area contributed by atoms with E-state index in [1.54, 1.807) is 30.5 Å². The van der Waals surface area contributed by atoms with Crippen LogP contribution in [0.3, 0.4) is 0 Å². The minimum absolute atomic E-state index is 0.192. The fourth-order valence-electron chi connectivity index (χ4n) is 4.80. The summed E-state index contributed by atoms with van der Waals surface area (Å²) in [5.41, 5.74) is 8.08. The van der Waals surface area contributed by atoms with Crippen molar-refractivity contribution in [3.05, 3.63) is 71.9 Å². The molecule has 0 bridgehead atoms. The summed E-state index contributed by atoms with van der Waals surface area (Å²) in [6.07, 6.45) is 3.33. The van der Waals surface area contributed by atoms with Crippen LogP contribution in [-0.4, -0.2) is 70.7 Å². The van der Waals surface area contributed by atoms with Crippen molar-refractivity contribution in [3.63, 3.8) is 0 Å². The largest absolute Gasteiger partial charge is 0.491 e. The van der Waals surface area contributed by atoms with Crippen LogP contribution in [0.15, 0.2) is 60.8 Å². The summed E-state index contributed by atoms with van der Waals surface area (Å²) in [5, 5.41) is 17.5. The number of nitrogens with zero attached hydrogens (tertiary/aromatic N) is 4. The van der Waals surface area contributed by atoms with E-state index in [9.17, 15) is 9.59 Å². The first-order valence-electron chi connectivity index (χ1n) is 14.3.